The molecule has 0 spiro atoms. The van der Waals surface area contributed by atoms with Crippen molar-refractivity contribution >= 4 is 17.5 Å². The monoisotopic (exact) mass is 348 g/mol. The molecule has 0 aliphatic carbocycles. The van der Waals surface area contributed by atoms with Crippen LogP contribution >= 0.6 is 0 Å². The molecular formula is C15H17FN6O3. The topological polar surface area (TPSA) is 115 Å². The van der Waals surface area contributed by atoms with Gasteiger partial charge in [0.1, 0.15) is 5.82 Å². The highest BCUT2D eigenvalue weighted by atomic mass is 19.1. The van der Waals surface area contributed by atoms with Crippen LogP contribution in [-0.2, 0) is 7.05 Å². The van der Waals surface area contributed by atoms with E-state index in [0.717, 1.165) is 38.1 Å². The van der Waals surface area contributed by atoms with Crippen LogP contribution in [0.25, 0.3) is 0 Å². The number of non-ortho nitro benzene ring substituents is 1. The molecule has 0 radical (unpaired) electrons. The van der Waals surface area contributed by atoms with Crippen LogP contribution in [0.4, 0.5) is 16.0 Å². The maximum atomic E-state index is 13.9. The molecule has 1 aromatic carbocycles. The Kier molecular flexibility index (Phi) is 4.70. The number of hydrogen-bond acceptors (Lipinski definition) is 6. The zero-order valence-corrected chi connectivity index (χ0v) is 13.5. The summed E-state index contributed by atoms with van der Waals surface area (Å²) in [6.45, 7) is 1.78. The Labute approximate surface area is 142 Å². The van der Waals surface area contributed by atoms with Crippen molar-refractivity contribution in [2.75, 3.05) is 18.4 Å². The maximum Gasteiger partial charge on any atom is 0.272 e. The summed E-state index contributed by atoms with van der Waals surface area (Å²) >= 11 is 0. The number of carbonyl (C=O) groups excluding carboxylic acids is 1. The van der Waals surface area contributed by atoms with Gasteiger partial charge in [-0.3, -0.25) is 20.2 Å². The normalized spacial score (nSPS) is 15.1. The van der Waals surface area contributed by atoms with Gasteiger partial charge in [-0.1, -0.05) is 0 Å². The van der Waals surface area contributed by atoms with Crippen LogP contribution in [0.1, 0.15) is 34.9 Å². The number of halogens is 1. The summed E-state index contributed by atoms with van der Waals surface area (Å²) < 4.78 is 15.4. The maximum absolute atomic E-state index is 13.9. The van der Waals surface area contributed by atoms with Gasteiger partial charge in [0.2, 0.25) is 5.95 Å². The van der Waals surface area contributed by atoms with E-state index in [9.17, 15) is 19.3 Å². The van der Waals surface area contributed by atoms with Crippen LogP contribution in [-0.4, -0.2) is 38.7 Å². The molecule has 2 heterocycles. The SMILES string of the molecule is Cn1nc(C2CCNCC2)nc1NC(=O)c1ccc([N+](=O)[O-])cc1F. The van der Waals surface area contributed by atoms with Crippen LogP contribution in [0.2, 0.25) is 0 Å². The second-order valence-electron chi connectivity index (χ2n) is 5.82. The summed E-state index contributed by atoms with van der Waals surface area (Å²) in [6, 6.07) is 2.87. The number of hydrogen-bond donors (Lipinski definition) is 2. The fourth-order valence-electron chi connectivity index (χ4n) is 2.74. The fourth-order valence-corrected chi connectivity index (χ4v) is 2.74. The van der Waals surface area contributed by atoms with Crippen LogP contribution in [0.15, 0.2) is 18.2 Å². The van der Waals surface area contributed by atoms with Gasteiger partial charge in [-0.05, 0) is 32.0 Å². The molecule has 1 amide bonds. The van der Waals surface area contributed by atoms with Gasteiger partial charge in [-0.25, -0.2) is 9.07 Å². The predicted molar refractivity (Wildman–Crippen MR) is 86.9 cm³/mol. The molecule has 2 aromatic rings. The number of nitro benzene ring substituents is 1. The minimum Gasteiger partial charge on any atom is -0.317 e. The summed E-state index contributed by atoms with van der Waals surface area (Å²) in [7, 11) is 1.64. The van der Waals surface area contributed by atoms with Crippen molar-refractivity contribution in [1.82, 2.24) is 20.1 Å². The van der Waals surface area contributed by atoms with Crippen LogP contribution in [0.5, 0.6) is 0 Å². The predicted octanol–water partition coefficient (Wildman–Crippen LogP) is 1.58. The third-order valence-electron chi connectivity index (χ3n) is 4.12. The molecule has 3 rings (SSSR count). The quantitative estimate of drug-likeness (QED) is 0.640. The van der Waals surface area contributed by atoms with Gasteiger partial charge in [0.05, 0.1) is 16.6 Å². The van der Waals surface area contributed by atoms with Crippen molar-refractivity contribution in [3.8, 4) is 0 Å². The van der Waals surface area contributed by atoms with Gasteiger partial charge in [0, 0.05) is 19.0 Å². The molecule has 1 aromatic heterocycles. The third kappa shape index (κ3) is 3.63. The number of piperidine rings is 1. The van der Waals surface area contributed by atoms with E-state index in [4.69, 9.17) is 0 Å². The van der Waals surface area contributed by atoms with Crippen LogP contribution in [0, 0.1) is 15.9 Å². The highest BCUT2D eigenvalue weighted by molar-refractivity contribution is 6.03. The molecule has 2 N–H and O–H groups in total. The largest absolute Gasteiger partial charge is 0.317 e. The van der Waals surface area contributed by atoms with Gasteiger partial charge in [0.25, 0.3) is 11.6 Å². The molecular weight excluding hydrogens is 331 g/mol. The zero-order chi connectivity index (χ0) is 18.0. The average Bonchev–Trinajstić information content (AvgIpc) is 2.96. The molecule has 0 saturated carbocycles. The molecule has 0 atom stereocenters. The second-order valence-corrected chi connectivity index (χ2v) is 5.82. The van der Waals surface area contributed by atoms with E-state index in [0.29, 0.717) is 11.9 Å². The van der Waals surface area contributed by atoms with Crippen molar-refractivity contribution in [3.05, 3.63) is 45.5 Å². The number of aryl methyl sites for hydroxylation is 1. The Hall–Kier alpha value is -2.88. The number of amides is 1. The van der Waals surface area contributed by atoms with E-state index in [1.54, 1.807) is 7.05 Å². The summed E-state index contributed by atoms with van der Waals surface area (Å²) in [5, 5.41) is 20.7. The molecule has 0 unspecified atom stereocenters. The first kappa shape index (κ1) is 17.0. The van der Waals surface area contributed by atoms with E-state index in [-0.39, 0.29) is 17.4 Å². The van der Waals surface area contributed by atoms with Crippen molar-refractivity contribution < 1.29 is 14.1 Å². The first-order valence-corrected chi connectivity index (χ1v) is 7.82. The number of carbonyl (C=O) groups is 1. The second kappa shape index (κ2) is 6.93. The standard InChI is InChI=1S/C15H17FN6O3/c1-21-15(18-13(20-21)9-4-6-17-7-5-9)19-14(23)11-3-2-10(22(24)25)8-12(11)16/h2-3,8-9,17H,4-7H2,1H3,(H,18,19,20,23). The number of benzene rings is 1. The Morgan fingerprint density at radius 3 is 2.80 bits per heavy atom. The lowest BCUT2D eigenvalue weighted by molar-refractivity contribution is -0.385. The lowest BCUT2D eigenvalue weighted by atomic mass is 9.98. The molecule has 1 saturated heterocycles. The number of rotatable bonds is 4. The van der Waals surface area contributed by atoms with Crippen molar-refractivity contribution in [1.29, 1.82) is 0 Å². The molecule has 1 fully saturated rings. The van der Waals surface area contributed by atoms with E-state index in [2.05, 4.69) is 20.7 Å². The van der Waals surface area contributed by atoms with Gasteiger partial charge in [0.15, 0.2) is 5.82 Å². The Balaban J connectivity index is 1.77. The molecule has 0 bridgehead atoms. The molecule has 25 heavy (non-hydrogen) atoms. The lowest BCUT2D eigenvalue weighted by Gasteiger charge is -2.19. The number of aromatic nitrogens is 3. The molecule has 1 aliphatic rings. The van der Waals surface area contributed by atoms with Gasteiger partial charge >= 0.3 is 0 Å². The fraction of sp³-hybridized carbons (Fsp3) is 0.400. The highest BCUT2D eigenvalue weighted by Gasteiger charge is 2.22. The van der Waals surface area contributed by atoms with E-state index in [1.165, 1.54) is 4.68 Å². The van der Waals surface area contributed by atoms with E-state index >= 15 is 0 Å². The highest BCUT2D eigenvalue weighted by Crippen LogP contribution is 2.23. The Morgan fingerprint density at radius 1 is 1.44 bits per heavy atom. The first-order chi connectivity index (χ1) is 12.0. The third-order valence-corrected chi connectivity index (χ3v) is 4.12. The molecule has 10 heteroatoms. The summed E-state index contributed by atoms with van der Waals surface area (Å²) in [6.07, 6.45) is 1.82. The average molecular weight is 348 g/mol. The zero-order valence-electron chi connectivity index (χ0n) is 13.5. The Morgan fingerprint density at radius 2 is 2.16 bits per heavy atom. The minimum atomic E-state index is -0.965. The number of nitro groups is 1. The van der Waals surface area contributed by atoms with Crippen LogP contribution in [0.3, 0.4) is 0 Å². The van der Waals surface area contributed by atoms with Gasteiger partial charge < -0.3 is 5.32 Å². The van der Waals surface area contributed by atoms with Gasteiger partial charge in [-0.15, -0.1) is 0 Å². The summed E-state index contributed by atoms with van der Waals surface area (Å²) in [5.41, 5.74) is -0.710. The molecule has 9 nitrogen and oxygen atoms in total. The minimum absolute atomic E-state index is 0.205. The van der Waals surface area contributed by atoms with E-state index < -0.39 is 22.3 Å². The smallest absolute Gasteiger partial charge is 0.272 e. The van der Waals surface area contributed by atoms with Crippen molar-refractivity contribution in [2.24, 2.45) is 7.05 Å². The molecule has 132 valence electrons. The number of nitrogens with zero attached hydrogens (tertiary/aromatic N) is 4. The van der Waals surface area contributed by atoms with Crippen molar-refractivity contribution in [3.63, 3.8) is 0 Å². The Bertz CT molecular complexity index is 816. The van der Waals surface area contributed by atoms with Gasteiger partial charge in [-0.2, -0.15) is 10.1 Å². The first-order valence-electron chi connectivity index (χ1n) is 7.82. The summed E-state index contributed by atoms with van der Waals surface area (Å²) in [5.74, 6) is -0.638. The molecule has 1 aliphatic heterocycles. The van der Waals surface area contributed by atoms with Crippen LogP contribution < -0.4 is 10.6 Å². The lowest BCUT2D eigenvalue weighted by Crippen LogP contribution is -2.27. The number of anilines is 1. The summed E-state index contributed by atoms with van der Waals surface area (Å²) in [4.78, 5) is 26.5. The number of nitrogens with one attached hydrogen (secondary N) is 2. The van der Waals surface area contributed by atoms with E-state index in [1.807, 2.05) is 0 Å². The van der Waals surface area contributed by atoms with Crippen molar-refractivity contribution in [2.45, 2.75) is 18.8 Å².